The molecule has 1 saturated heterocycles. The molecule has 0 saturated carbocycles. The predicted molar refractivity (Wildman–Crippen MR) is 89.3 cm³/mol. The van der Waals surface area contributed by atoms with E-state index in [0.717, 1.165) is 12.1 Å². The highest BCUT2D eigenvalue weighted by atomic mass is 32.2. The smallest absolute Gasteiger partial charge is 0.329 e. The van der Waals surface area contributed by atoms with Gasteiger partial charge in [-0.05, 0) is 37.1 Å². The summed E-state index contributed by atoms with van der Waals surface area (Å²) in [7, 11) is -3.79. The topological polar surface area (TPSA) is 113 Å². The van der Waals surface area contributed by atoms with E-state index in [1.54, 1.807) is 0 Å². The van der Waals surface area contributed by atoms with E-state index in [2.05, 4.69) is 5.32 Å². The van der Waals surface area contributed by atoms with Crippen LogP contribution in [-0.2, 0) is 24.3 Å². The third kappa shape index (κ3) is 5.48. The summed E-state index contributed by atoms with van der Waals surface area (Å²) >= 11 is 0. The second-order valence-electron chi connectivity index (χ2n) is 5.89. The Morgan fingerprint density at radius 1 is 1.31 bits per heavy atom. The van der Waals surface area contributed by atoms with Gasteiger partial charge in [0.1, 0.15) is 12.4 Å². The lowest BCUT2D eigenvalue weighted by atomic mass is 9.99. The quantitative estimate of drug-likeness (QED) is 0.625. The van der Waals surface area contributed by atoms with E-state index in [-0.39, 0.29) is 30.5 Å². The fourth-order valence-electron chi connectivity index (χ4n) is 2.68. The maximum Gasteiger partial charge on any atom is 0.329 e. The zero-order valence-corrected chi connectivity index (χ0v) is 14.9. The van der Waals surface area contributed by atoms with Gasteiger partial charge in [0, 0.05) is 19.6 Å². The third-order valence-electron chi connectivity index (χ3n) is 3.98. The van der Waals surface area contributed by atoms with E-state index in [9.17, 15) is 22.4 Å². The molecule has 1 heterocycles. The first-order valence-corrected chi connectivity index (χ1v) is 9.57. The number of sulfonamides is 1. The van der Waals surface area contributed by atoms with Crippen LogP contribution in [0.1, 0.15) is 12.8 Å². The first-order chi connectivity index (χ1) is 12.3. The lowest BCUT2D eigenvalue weighted by Gasteiger charge is -2.31. The molecule has 0 aromatic heterocycles. The van der Waals surface area contributed by atoms with Gasteiger partial charge in [-0.2, -0.15) is 4.31 Å². The molecule has 1 aliphatic rings. The number of hydrogen-bond acceptors (Lipinski definition) is 5. The van der Waals surface area contributed by atoms with E-state index in [1.165, 1.54) is 16.4 Å². The SMILES string of the molecule is O=C(O)COCCNC(=O)C1CCCN(S(=O)(=O)c2ccc(F)cc2)C1. The largest absolute Gasteiger partial charge is 0.480 e. The zero-order valence-electron chi connectivity index (χ0n) is 14.1. The number of hydrogen-bond donors (Lipinski definition) is 2. The number of nitrogens with zero attached hydrogens (tertiary/aromatic N) is 1. The average molecular weight is 388 g/mol. The van der Waals surface area contributed by atoms with E-state index >= 15 is 0 Å². The molecule has 1 aromatic carbocycles. The minimum atomic E-state index is -3.79. The molecule has 0 spiro atoms. The van der Waals surface area contributed by atoms with Crippen molar-refractivity contribution in [1.82, 2.24) is 9.62 Å². The molecule has 8 nitrogen and oxygen atoms in total. The number of ether oxygens (including phenoxy) is 1. The van der Waals surface area contributed by atoms with E-state index in [1.807, 2.05) is 0 Å². The Bertz CT molecular complexity index is 738. The molecule has 1 atom stereocenters. The van der Waals surface area contributed by atoms with Crippen molar-refractivity contribution >= 4 is 21.9 Å². The molecule has 26 heavy (non-hydrogen) atoms. The van der Waals surface area contributed by atoms with Crippen LogP contribution < -0.4 is 5.32 Å². The number of carboxylic acid groups (broad SMARTS) is 1. The molecule has 0 bridgehead atoms. The molecule has 1 aliphatic heterocycles. The van der Waals surface area contributed by atoms with Crippen LogP contribution in [0.15, 0.2) is 29.2 Å². The third-order valence-corrected chi connectivity index (χ3v) is 5.86. The number of carbonyl (C=O) groups is 2. The molecule has 2 rings (SSSR count). The second-order valence-corrected chi connectivity index (χ2v) is 7.83. The number of amides is 1. The van der Waals surface area contributed by atoms with Gasteiger partial charge in [0.2, 0.25) is 15.9 Å². The van der Waals surface area contributed by atoms with E-state index < -0.39 is 34.3 Å². The minimum Gasteiger partial charge on any atom is -0.480 e. The predicted octanol–water partition coefficient (Wildman–Crippen LogP) is 0.444. The number of aliphatic carboxylic acids is 1. The number of piperidine rings is 1. The lowest BCUT2D eigenvalue weighted by molar-refractivity contribution is -0.142. The highest BCUT2D eigenvalue weighted by Crippen LogP contribution is 2.24. The molecule has 144 valence electrons. The number of halogens is 1. The summed E-state index contributed by atoms with van der Waals surface area (Å²) in [4.78, 5) is 22.5. The molecule has 1 fully saturated rings. The number of carboxylic acids is 1. The number of carbonyl (C=O) groups excluding carboxylic acids is 1. The Labute approximate surface area is 151 Å². The summed E-state index contributed by atoms with van der Waals surface area (Å²) in [6.07, 6.45) is 1.09. The van der Waals surface area contributed by atoms with Crippen molar-refractivity contribution in [3.05, 3.63) is 30.1 Å². The van der Waals surface area contributed by atoms with Gasteiger partial charge < -0.3 is 15.2 Å². The number of rotatable bonds is 8. The maximum absolute atomic E-state index is 13.0. The summed E-state index contributed by atoms with van der Waals surface area (Å²) in [5, 5.41) is 11.1. The standard InChI is InChI=1S/C16H21FN2O6S/c17-13-3-5-14(6-4-13)26(23,24)19-8-1-2-12(10-19)16(22)18-7-9-25-11-15(20)21/h3-6,12H,1-2,7-11H2,(H,18,22)(H,20,21). The summed E-state index contributed by atoms with van der Waals surface area (Å²) in [5.74, 6) is -2.42. The van der Waals surface area contributed by atoms with Crippen LogP contribution in [0.3, 0.4) is 0 Å². The van der Waals surface area contributed by atoms with Gasteiger partial charge in [0.05, 0.1) is 17.4 Å². The van der Waals surface area contributed by atoms with Gasteiger partial charge in [0.25, 0.3) is 0 Å². The monoisotopic (exact) mass is 388 g/mol. The Morgan fingerprint density at radius 2 is 2.00 bits per heavy atom. The normalized spacial score (nSPS) is 18.4. The van der Waals surface area contributed by atoms with Crippen molar-refractivity contribution in [2.24, 2.45) is 5.92 Å². The summed E-state index contributed by atoms with van der Waals surface area (Å²) < 4.78 is 44.3. The fourth-order valence-corrected chi connectivity index (χ4v) is 4.20. The molecular weight excluding hydrogens is 367 g/mol. The van der Waals surface area contributed by atoms with Gasteiger partial charge in [-0.3, -0.25) is 4.79 Å². The highest BCUT2D eigenvalue weighted by Gasteiger charge is 2.33. The first-order valence-electron chi connectivity index (χ1n) is 8.13. The Hall–Kier alpha value is -2.04. The second kappa shape index (κ2) is 9.06. The van der Waals surface area contributed by atoms with Gasteiger partial charge in [0.15, 0.2) is 0 Å². The van der Waals surface area contributed by atoms with Crippen LogP contribution >= 0.6 is 0 Å². The summed E-state index contributed by atoms with van der Waals surface area (Å²) in [5.41, 5.74) is 0. The Kier molecular flexibility index (Phi) is 7.06. The van der Waals surface area contributed by atoms with Crippen molar-refractivity contribution in [1.29, 1.82) is 0 Å². The van der Waals surface area contributed by atoms with E-state index in [4.69, 9.17) is 9.84 Å². The van der Waals surface area contributed by atoms with Crippen LogP contribution in [0.2, 0.25) is 0 Å². The van der Waals surface area contributed by atoms with Crippen molar-refractivity contribution < 1.29 is 32.2 Å². The summed E-state index contributed by atoms with van der Waals surface area (Å²) in [6, 6.07) is 4.57. The first kappa shape index (κ1) is 20.3. The molecule has 1 unspecified atom stereocenters. The minimum absolute atomic E-state index is 0.0120. The number of nitrogens with one attached hydrogen (secondary N) is 1. The van der Waals surface area contributed by atoms with E-state index in [0.29, 0.717) is 19.4 Å². The summed E-state index contributed by atoms with van der Waals surface area (Å²) in [6.45, 7) is 0.103. The number of benzene rings is 1. The molecule has 0 aliphatic carbocycles. The Balaban J connectivity index is 1.90. The van der Waals surface area contributed by atoms with Gasteiger partial charge in [-0.25, -0.2) is 17.6 Å². The van der Waals surface area contributed by atoms with Crippen LogP contribution in [0.25, 0.3) is 0 Å². The van der Waals surface area contributed by atoms with Crippen molar-refractivity contribution in [2.75, 3.05) is 32.8 Å². The zero-order chi connectivity index (χ0) is 19.2. The fraction of sp³-hybridized carbons (Fsp3) is 0.500. The lowest BCUT2D eigenvalue weighted by Crippen LogP contribution is -2.45. The van der Waals surface area contributed by atoms with Gasteiger partial charge in [-0.1, -0.05) is 0 Å². The molecule has 1 aromatic rings. The Morgan fingerprint density at radius 3 is 2.65 bits per heavy atom. The highest BCUT2D eigenvalue weighted by molar-refractivity contribution is 7.89. The van der Waals surface area contributed by atoms with Crippen LogP contribution in [0.5, 0.6) is 0 Å². The van der Waals surface area contributed by atoms with Crippen LogP contribution in [-0.4, -0.2) is 62.6 Å². The molecule has 10 heteroatoms. The van der Waals surface area contributed by atoms with Crippen molar-refractivity contribution in [3.8, 4) is 0 Å². The van der Waals surface area contributed by atoms with Gasteiger partial charge >= 0.3 is 5.97 Å². The molecule has 0 radical (unpaired) electrons. The van der Waals surface area contributed by atoms with Crippen LogP contribution in [0.4, 0.5) is 4.39 Å². The van der Waals surface area contributed by atoms with Crippen molar-refractivity contribution in [3.63, 3.8) is 0 Å². The molecule has 1 amide bonds. The van der Waals surface area contributed by atoms with Crippen LogP contribution in [0, 0.1) is 11.7 Å². The maximum atomic E-state index is 13.0. The van der Waals surface area contributed by atoms with Gasteiger partial charge in [-0.15, -0.1) is 0 Å². The molecule has 2 N–H and O–H groups in total. The average Bonchev–Trinajstić information content (AvgIpc) is 2.61. The molecular formula is C16H21FN2O6S. The van der Waals surface area contributed by atoms with Crippen molar-refractivity contribution in [2.45, 2.75) is 17.7 Å².